The zero-order valence-electron chi connectivity index (χ0n) is 12.0. The Morgan fingerprint density at radius 3 is 2.86 bits per heavy atom. The predicted molar refractivity (Wildman–Crippen MR) is 78.9 cm³/mol. The van der Waals surface area contributed by atoms with Crippen LogP contribution in [-0.4, -0.2) is 23.4 Å². The van der Waals surface area contributed by atoms with Gasteiger partial charge in [0.15, 0.2) is 0 Å². The molecule has 0 spiro atoms. The van der Waals surface area contributed by atoms with Crippen molar-refractivity contribution in [3.05, 3.63) is 46.4 Å². The highest BCUT2D eigenvalue weighted by Crippen LogP contribution is 2.31. The molecule has 0 aliphatic carbocycles. The lowest BCUT2D eigenvalue weighted by Gasteiger charge is -2.17. The summed E-state index contributed by atoms with van der Waals surface area (Å²) >= 11 is 0. The molecule has 0 fully saturated rings. The second kappa shape index (κ2) is 5.47. The van der Waals surface area contributed by atoms with Crippen LogP contribution in [0.3, 0.4) is 0 Å². The smallest absolute Gasteiger partial charge is 0.311 e. The minimum Gasteiger partial charge on any atom is -0.497 e. The third kappa shape index (κ3) is 2.56. The summed E-state index contributed by atoms with van der Waals surface area (Å²) in [4.78, 5) is 12.2. The molecule has 1 unspecified atom stereocenters. The van der Waals surface area contributed by atoms with Crippen LogP contribution in [0, 0.1) is 0 Å². The van der Waals surface area contributed by atoms with Crippen molar-refractivity contribution in [3.63, 3.8) is 0 Å². The van der Waals surface area contributed by atoms with E-state index >= 15 is 0 Å². The largest absolute Gasteiger partial charge is 0.497 e. The molecule has 1 aromatic heterocycles. The van der Waals surface area contributed by atoms with Gasteiger partial charge in [-0.3, -0.25) is 4.79 Å². The van der Waals surface area contributed by atoms with E-state index in [-0.39, 0.29) is 11.7 Å². The zero-order valence-corrected chi connectivity index (χ0v) is 12.0. The Bertz CT molecular complexity index is 694. The Morgan fingerprint density at radius 1 is 1.38 bits per heavy atom. The van der Waals surface area contributed by atoms with Crippen molar-refractivity contribution in [3.8, 4) is 11.5 Å². The minimum atomic E-state index is -0.236. The summed E-state index contributed by atoms with van der Waals surface area (Å²) in [7, 11) is 3.24. The number of fused-ring (bicyclic) bond motifs is 1. The standard InChI is InChI=1S/C15H17N3O3/c1-18-15(19)14-12(9-17-18)16-8-7-13(21-14)10-3-5-11(20-2)6-4-10/h3-6,9,13,16H,7-8H2,1-2H3. The third-order valence-electron chi connectivity index (χ3n) is 3.56. The molecule has 2 aromatic rings. The number of rotatable bonds is 2. The highest BCUT2D eigenvalue weighted by Gasteiger charge is 2.22. The number of benzene rings is 1. The lowest BCUT2D eigenvalue weighted by molar-refractivity contribution is 0.201. The van der Waals surface area contributed by atoms with Crippen LogP contribution < -0.4 is 20.3 Å². The van der Waals surface area contributed by atoms with E-state index < -0.39 is 0 Å². The molecule has 110 valence electrons. The molecule has 1 aromatic carbocycles. The molecule has 6 heteroatoms. The quantitative estimate of drug-likeness (QED) is 0.911. The molecule has 6 nitrogen and oxygen atoms in total. The van der Waals surface area contributed by atoms with Crippen LogP contribution in [0.15, 0.2) is 35.3 Å². The van der Waals surface area contributed by atoms with E-state index in [0.29, 0.717) is 11.4 Å². The van der Waals surface area contributed by atoms with E-state index in [1.54, 1.807) is 20.4 Å². The summed E-state index contributed by atoms with van der Waals surface area (Å²) in [6.07, 6.45) is 2.22. The number of nitrogens with one attached hydrogen (secondary N) is 1. The molecule has 0 radical (unpaired) electrons. The SMILES string of the molecule is COc1ccc(C2CCNc3cnn(C)c(=O)c3O2)cc1. The number of hydrogen-bond acceptors (Lipinski definition) is 5. The van der Waals surface area contributed by atoms with Crippen LogP contribution >= 0.6 is 0 Å². The van der Waals surface area contributed by atoms with Gasteiger partial charge >= 0.3 is 5.56 Å². The van der Waals surface area contributed by atoms with Crippen molar-refractivity contribution >= 4 is 5.69 Å². The van der Waals surface area contributed by atoms with Gasteiger partial charge < -0.3 is 14.8 Å². The number of aryl methyl sites for hydroxylation is 1. The second-order valence-electron chi connectivity index (χ2n) is 4.91. The molecule has 1 aliphatic rings. The van der Waals surface area contributed by atoms with Gasteiger partial charge in [-0.05, 0) is 17.7 Å². The fourth-order valence-corrected chi connectivity index (χ4v) is 2.35. The Morgan fingerprint density at radius 2 is 2.14 bits per heavy atom. The summed E-state index contributed by atoms with van der Waals surface area (Å²) in [5.41, 5.74) is 1.43. The van der Waals surface area contributed by atoms with Gasteiger partial charge in [-0.25, -0.2) is 4.68 Å². The Labute approximate surface area is 122 Å². The minimum absolute atomic E-state index is 0.167. The molecule has 2 heterocycles. The van der Waals surface area contributed by atoms with Crippen LogP contribution in [-0.2, 0) is 7.05 Å². The van der Waals surface area contributed by atoms with Crippen molar-refractivity contribution in [1.29, 1.82) is 0 Å². The van der Waals surface area contributed by atoms with Crippen molar-refractivity contribution in [2.75, 3.05) is 19.0 Å². The van der Waals surface area contributed by atoms with Gasteiger partial charge in [0.25, 0.3) is 0 Å². The normalized spacial score (nSPS) is 17.1. The summed E-state index contributed by atoms with van der Waals surface area (Å²) in [5, 5.41) is 7.19. The van der Waals surface area contributed by atoms with Crippen molar-refractivity contribution in [2.24, 2.45) is 7.05 Å². The average Bonchev–Trinajstić information content (AvgIpc) is 2.74. The van der Waals surface area contributed by atoms with E-state index in [1.807, 2.05) is 24.3 Å². The van der Waals surface area contributed by atoms with E-state index in [1.165, 1.54) is 4.68 Å². The first-order valence-corrected chi connectivity index (χ1v) is 6.80. The first kappa shape index (κ1) is 13.5. The summed E-state index contributed by atoms with van der Waals surface area (Å²) < 4.78 is 12.4. The molecule has 21 heavy (non-hydrogen) atoms. The van der Waals surface area contributed by atoms with Crippen LogP contribution in [0.5, 0.6) is 11.5 Å². The molecule has 1 atom stereocenters. The van der Waals surface area contributed by atoms with E-state index in [4.69, 9.17) is 9.47 Å². The zero-order chi connectivity index (χ0) is 14.8. The van der Waals surface area contributed by atoms with Crippen LogP contribution in [0.25, 0.3) is 0 Å². The van der Waals surface area contributed by atoms with E-state index in [2.05, 4.69) is 10.4 Å². The van der Waals surface area contributed by atoms with E-state index in [0.717, 1.165) is 24.3 Å². The van der Waals surface area contributed by atoms with Crippen molar-refractivity contribution < 1.29 is 9.47 Å². The maximum atomic E-state index is 12.2. The van der Waals surface area contributed by atoms with Gasteiger partial charge in [0.1, 0.15) is 17.5 Å². The first-order valence-electron chi connectivity index (χ1n) is 6.80. The van der Waals surface area contributed by atoms with Gasteiger partial charge in [-0.2, -0.15) is 5.10 Å². The summed E-state index contributed by atoms with van der Waals surface area (Å²) in [5.74, 6) is 1.12. The maximum absolute atomic E-state index is 12.2. The molecular weight excluding hydrogens is 270 g/mol. The van der Waals surface area contributed by atoms with E-state index in [9.17, 15) is 4.79 Å². The van der Waals surface area contributed by atoms with Gasteiger partial charge in [0.05, 0.1) is 13.3 Å². The van der Waals surface area contributed by atoms with Gasteiger partial charge in [-0.15, -0.1) is 0 Å². The second-order valence-corrected chi connectivity index (χ2v) is 4.91. The fraction of sp³-hybridized carbons (Fsp3) is 0.333. The van der Waals surface area contributed by atoms with Gasteiger partial charge in [0, 0.05) is 20.0 Å². The number of hydrogen-bond donors (Lipinski definition) is 1. The molecule has 1 N–H and O–H groups in total. The monoisotopic (exact) mass is 287 g/mol. The summed E-state index contributed by atoms with van der Waals surface area (Å²) in [6, 6.07) is 7.70. The molecule has 0 saturated carbocycles. The molecule has 1 aliphatic heterocycles. The molecule has 3 rings (SSSR count). The van der Waals surface area contributed by atoms with Crippen LogP contribution in [0.4, 0.5) is 5.69 Å². The summed E-state index contributed by atoms with van der Waals surface area (Å²) in [6.45, 7) is 0.721. The average molecular weight is 287 g/mol. The highest BCUT2D eigenvalue weighted by molar-refractivity contribution is 5.54. The number of aromatic nitrogens is 2. The topological polar surface area (TPSA) is 65.4 Å². The van der Waals surface area contributed by atoms with Gasteiger partial charge in [0.2, 0.25) is 5.75 Å². The fourth-order valence-electron chi connectivity index (χ4n) is 2.35. The van der Waals surface area contributed by atoms with Crippen molar-refractivity contribution in [1.82, 2.24) is 9.78 Å². The van der Waals surface area contributed by atoms with Crippen LogP contribution in [0.1, 0.15) is 18.1 Å². The Hall–Kier alpha value is -2.50. The molecule has 0 saturated heterocycles. The molecule has 0 amide bonds. The van der Waals surface area contributed by atoms with Gasteiger partial charge in [-0.1, -0.05) is 12.1 Å². The highest BCUT2D eigenvalue weighted by atomic mass is 16.5. The molecular formula is C15H17N3O3. The Kier molecular flexibility index (Phi) is 3.51. The number of anilines is 1. The Balaban J connectivity index is 1.94. The lowest BCUT2D eigenvalue weighted by atomic mass is 10.1. The third-order valence-corrected chi connectivity index (χ3v) is 3.56. The lowest BCUT2D eigenvalue weighted by Crippen LogP contribution is -2.22. The molecule has 0 bridgehead atoms. The van der Waals surface area contributed by atoms with Crippen molar-refractivity contribution in [2.45, 2.75) is 12.5 Å². The number of ether oxygens (including phenoxy) is 2. The first-order chi connectivity index (χ1) is 10.2. The number of methoxy groups -OCH3 is 1. The number of nitrogens with zero attached hydrogens (tertiary/aromatic N) is 2. The predicted octanol–water partition coefficient (Wildman–Crippen LogP) is 1.72. The van der Waals surface area contributed by atoms with Crippen LogP contribution in [0.2, 0.25) is 0 Å². The maximum Gasteiger partial charge on any atom is 0.311 e.